The van der Waals surface area contributed by atoms with E-state index >= 15 is 0 Å². The maximum absolute atomic E-state index is 14.7. The van der Waals surface area contributed by atoms with Crippen LogP contribution in [-0.4, -0.2) is 29.2 Å². The highest BCUT2D eigenvalue weighted by molar-refractivity contribution is 5.69. The summed E-state index contributed by atoms with van der Waals surface area (Å²) in [7, 11) is 0. The van der Waals surface area contributed by atoms with E-state index in [1.165, 1.54) is 6.07 Å². The number of carbonyl (C=O) groups excluding carboxylic acids is 1. The first kappa shape index (κ1) is 20.4. The summed E-state index contributed by atoms with van der Waals surface area (Å²) >= 11 is 0. The number of hydrogen-bond donors (Lipinski definition) is 0. The fourth-order valence-corrected chi connectivity index (χ4v) is 4.26. The smallest absolute Gasteiger partial charge is 0.410 e. The lowest BCUT2D eigenvalue weighted by molar-refractivity contribution is 0.0176. The lowest BCUT2D eigenvalue weighted by atomic mass is 9.77. The van der Waals surface area contributed by atoms with Gasteiger partial charge in [0.1, 0.15) is 11.4 Å². The minimum absolute atomic E-state index is 0.0136. The van der Waals surface area contributed by atoms with Gasteiger partial charge in [-0.2, -0.15) is 0 Å². The number of benzene rings is 2. The summed E-state index contributed by atoms with van der Waals surface area (Å²) in [5, 5.41) is 0. The SMILES string of the molecule is C[C@@H]([C@@H](c1ccccc1)c1ccccc1F)[C@H]1CCCN1C(=O)OC(C)(C)C. The van der Waals surface area contributed by atoms with E-state index in [-0.39, 0.29) is 29.8 Å². The summed E-state index contributed by atoms with van der Waals surface area (Å²) in [6.45, 7) is 8.45. The van der Waals surface area contributed by atoms with E-state index in [4.69, 9.17) is 4.74 Å². The monoisotopic (exact) mass is 383 g/mol. The first-order chi connectivity index (χ1) is 13.3. The predicted octanol–water partition coefficient (Wildman–Crippen LogP) is 5.99. The van der Waals surface area contributed by atoms with Crippen LogP contribution in [0, 0.1) is 11.7 Å². The maximum atomic E-state index is 14.7. The molecule has 0 spiro atoms. The molecule has 1 heterocycles. The van der Waals surface area contributed by atoms with Crippen LogP contribution in [-0.2, 0) is 4.74 Å². The van der Waals surface area contributed by atoms with Gasteiger partial charge in [0.25, 0.3) is 0 Å². The van der Waals surface area contributed by atoms with Crippen molar-refractivity contribution in [3.8, 4) is 0 Å². The summed E-state index contributed by atoms with van der Waals surface area (Å²) in [6.07, 6.45) is 1.56. The third kappa shape index (κ3) is 4.54. The van der Waals surface area contributed by atoms with E-state index in [0.29, 0.717) is 12.1 Å². The molecule has 1 saturated heterocycles. The topological polar surface area (TPSA) is 29.5 Å². The fourth-order valence-electron chi connectivity index (χ4n) is 4.26. The minimum Gasteiger partial charge on any atom is -0.444 e. The lowest BCUT2D eigenvalue weighted by Gasteiger charge is -2.36. The Balaban J connectivity index is 1.94. The number of rotatable bonds is 4. The zero-order chi connectivity index (χ0) is 20.3. The third-order valence-electron chi connectivity index (χ3n) is 5.46. The van der Waals surface area contributed by atoms with Crippen LogP contribution in [0.25, 0.3) is 0 Å². The van der Waals surface area contributed by atoms with Gasteiger partial charge in [-0.15, -0.1) is 0 Å². The molecule has 0 aliphatic carbocycles. The lowest BCUT2D eigenvalue weighted by Crippen LogP contribution is -2.44. The van der Waals surface area contributed by atoms with E-state index in [1.54, 1.807) is 6.07 Å². The molecule has 2 aromatic carbocycles. The van der Waals surface area contributed by atoms with Gasteiger partial charge in [0, 0.05) is 18.5 Å². The number of ether oxygens (including phenoxy) is 1. The molecular weight excluding hydrogens is 353 g/mol. The minimum atomic E-state index is -0.530. The van der Waals surface area contributed by atoms with Crippen molar-refractivity contribution in [3.63, 3.8) is 0 Å². The highest BCUT2D eigenvalue weighted by atomic mass is 19.1. The Bertz CT molecular complexity index is 800. The molecule has 28 heavy (non-hydrogen) atoms. The van der Waals surface area contributed by atoms with Crippen LogP contribution in [0.4, 0.5) is 9.18 Å². The molecule has 1 aliphatic heterocycles. The van der Waals surface area contributed by atoms with Gasteiger partial charge in [0.2, 0.25) is 0 Å². The van der Waals surface area contributed by atoms with Crippen molar-refractivity contribution in [1.82, 2.24) is 4.90 Å². The molecule has 1 amide bonds. The Morgan fingerprint density at radius 1 is 1.11 bits per heavy atom. The molecule has 3 atom stereocenters. The fraction of sp³-hybridized carbons (Fsp3) is 0.458. The second-order valence-corrected chi connectivity index (χ2v) is 8.65. The first-order valence-corrected chi connectivity index (χ1v) is 10.1. The van der Waals surface area contributed by atoms with Crippen LogP contribution < -0.4 is 0 Å². The molecule has 1 fully saturated rings. The first-order valence-electron chi connectivity index (χ1n) is 10.1. The van der Waals surface area contributed by atoms with Gasteiger partial charge >= 0.3 is 6.09 Å². The molecule has 3 nitrogen and oxygen atoms in total. The average Bonchev–Trinajstić information content (AvgIpc) is 3.13. The second kappa shape index (κ2) is 8.34. The van der Waals surface area contributed by atoms with E-state index in [2.05, 4.69) is 6.92 Å². The van der Waals surface area contributed by atoms with Gasteiger partial charge in [-0.3, -0.25) is 0 Å². The average molecular weight is 384 g/mol. The number of nitrogens with zero attached hydrogens (tertiary/aromatic N) is 1. The molecule has 150 valence electrons. The molecule has 1 aliphatic rings. The van der Waals surface area contributed by atoms with Crippen molar-refractivity contribution in [2.45, 2.75) is 58.1 Å². The van der Waals surface area contributed by atoms with E-state index in [1.807, 2.05) is 68.1 Å². The second-order valence-electron chi connectivity index (χ2n) is 8.65. The molecule has 0 aromatic heterocycles. The van der Waals surface area contributed by atoms with Gasteiger partial charge in [-0.05, 0) is 56.7 Å². The third-order valence-corrected chi connectivity index (χ3v) is 5.46. The van der Waals surface area contributed by atoms with E-state index in [0.717, 1.165) is 18.4 Å². The van der Waals surface area contributed by atoms with Crippen molar-refractivity contribution in [2.75, 3.05) is 6.54 Å². The quantitative estimate of drug-likeness (QED) is 0.649. The Morgan fingerprint density at radius 3 is 2.39 bits per heavy atom. The molecule has 0 radical (unpaired) electrons. The summed E-state index contributed by atoms with van der Waals surface area (Å²) in [5.41, 5.74) is 1.21. The summed E-state index contributed by atoms with van der Waals surface area (Å²) < 4.78 is 20.4. The van der Waals surface area contributed by atoms with Crippen molar-refractivity contribution >= 4 is 6.09 Å². The Kier molecular flexibility index (Phi) is 6.07. The molecule has 0 unspecified atom stereocenters. The molecule has 0 saturated carbocycles. The van der Waals surface area contributed by atoms with Crippen LogP contribution in [0.5, 0.6) is 0 Å². The highest BCUT2D eigenvalue weighted by Crippen LogP contribution is 2.39. The van der Waals surface area contributed by atoms with Crippen LogP contribution in [0.3, 0.4) is 0 Å². The van der Waals surface area contributed by atoms with Crippen LogP contribution in [0.1, 0.15) is 57.6 Å². The van der Waals surface area contributed by atoms with Crippen LogP contribution in [0.2, 0.25) is 0 Å². The zero-order valence-electron chi connectivity index (χ0n) is 17.2. The summed E-state index contributed by atoms with van der Waals surface area (Å²) in [5.74, 6) is -0.283. The molecule has 0 N–H and O–H groups in total. The number of halogens is 1. The van der Waals surface area contributed by atoms with Gasteiger partial charge in [0.05, 0.1) is 0 Å². The number of likely N-dealkylation sites (tertiary alicyclic amines) is 1. The van der Waals surface area contributed by atoms with Crippen molar-refractivity contribution < 1.29 is 13.9 Å². The van der Waals surface area contributed by atoms with Crippen molar-refractivity contribution in [3.05, 3.63) is 71.5 Å². The molecular formula is C24H30FNO2. The number of amides is 1. The van der Waals surface area contributed by atoms with Gasteiger partial charge in [-0.25, -0.2) is 9.18 Å². The number of hydrogen-bond acceptors (Lipinski definition) is 2. The summed E-state index contributed by atoms with van der Waals surface area (Å²) in [6, 6.07) is 17.0. The van der Waals surface area contributed by atoms with Gasteiger partial charge < -0.3 is 9.64 Å². The summed E-state index contributed by atoms with van der Waals surface area (Å²) in [4.78, 5) is 14.6. The van der Waals surface area contributed by atoms with Crippen molar-refractivity contribution in [2.24, 2.45) is 5.92 Å². The van der Waals surface area contributed by atoms with Crippen LogP contribution >= 0.6 is 0 Å². The normalized spacial score (nSPS) is 19.3. The molecule has 2 aromatic rings. The highest BCUT2D eigenvalue weighted by Gasteiger charge is 2.39. The Labute approximate surface area is 167 Å². The largest absolute Gasteiger partial charge is 0.444 e. The number of carbonyl (C=O) groups is 1. The predicted molar refractivity (Wildman–Crippen MR) is 110 cm³/mol. The van der Waals surface area contributed by atoms with E-state index in [9.17, 15) is 9.18 Å². The molecule has 0 bridgehead atoms. The van der Waals surface area contributed by atoms with E-state index < -0.39 is 5.60 Å². The Morgan fingerprint density at radius 2 is 1.75 bits per heavy atom. The standard InChI is InChI=1S/C24H30FNO2/c1-17(21-15-10-16-26(21)23(27)28-24(2,3)4)22(18-11-6-5-7-12-18)19-13-8-9-14-20(19)25/h5-9,11-14,17,21-22H,10,15-16H2,1-4H3/t17-,21-,22+/m1/s1. The van der Waals surface area contributed by atoms with Gasteiger partial charge in [-0.1, -0.05) is 55.5 Å². The molecule has 3 rings (SSSR count). The Hall–Kier alpha value is -2.36. The van der Waals surface area contributed by atoms with Gasteiger partial charge in [0.15, 0.2) is 0 Å². The van der Waals surface area contributed by atoms with Crippen LogP contribution in [0.15, 0.2) is 54.6 Å². The maximum Gasteiger partial charge on any atom is 0.410 e. The van der Waals surface area contributed by atoms with Crippen molar-refractivity contribution in [1.29, 1.82) is 0 Å². The molecule has 4 heteroatoms. The zero-order valence-corrected chi connectivity index (χ0v) is 17.2.